The van der Waals surface area contributed by atoms with Crippen LogP contribution in [0.5, 0.6) is 11.5 Å². The van der Waals surface area contributed by atoms with Gasteiger partial charge in [-0.2, -0.15) is 26.3 Å². The molecule has 2 aromatic carbocycles. The fourth-order valence-corrected chi connectivity index (χ4v) is 3.70. The predicted octanol–water partition coefficient (Wildman–Crippen LogP) is 5.43. The smallest absolute Gasteiger partial charge is 0.427 e. The van der Waals surface area contributed by atoms with Crippen molar-refractivity contribution in [3.05, 3.63) is 47.3 Å². The van der Waals surface area contributed by atoms with Crippen LogP contribution in [0.3, 0.4) is 0 Å². The van der Waals surface area contributed by atoms with E-state index in [2.05, 4.69) is 15.3 Å². The van der Waals surface area contributed by atoms with Gasteiger partial charge in [0.25, 0.3) is 0 Å². The zero-order valence-electron chi connectivity index (χ0n) is 19.1. The minimum Gasteiger partial charge on any atom is -0.487 e. The Labute approximate surface area is 201 Å². The van der Waals surface area contributed by atoms with Crippen LogP contribution >= 0.6 is 0 Å². The number of nitrogens with one attached hydrogen (secondary N) is 1. The molecule has 2 atom stereocenters. The van der Waals surface area contributed by atoms with Gasteiger partial charge < -0.3 is 25.3 Å². The van der Waals surface area contributed by atoms with Crippen molar-refractivity contribution in [3.8, 4) is 11.5 Å². The topological polar surface area (TPSA) is 91.5 Å². The van der Waals surface area contributed by atoms with Gasteiger partial charge in [-0.3, -0.25) is 0 Å². The maximum absolute atomic E-state index is 13.5. The second-order valence-electron chi connectivity index (χ2n) is 8.26. The van der Waals surface area contributed by atoms with Crippen molar-refractivity contribution in [1.82, 2.24) is 9.97 Å². The number of hydrogen-bond donors (Lipinski definition) is 2. The Morgan fingerprint density at radius 2 is 1.75 bits per heavy atom. The van der Waals surface area contributed by atoms with Crippen LogP contribution in [0.4, 0.5) is 37.8 Å². The van der Waals surface area contributed by atoms with E-state index < -0.39 is 36.7 Å². The van der Waals surface area contributed by atoms with Crippen LogP contribution in [0.15, 0.2) is 30.3 Å². The Morgan fingerprint density at radius 3 is 2.44 bits per heavy atom. The summed E-state index contributed by atoms with van der Waals surface area (Å²) in [5.41, 5.74) is 5.29. The number of aryl methyl sites for hydroxylation is 1. The minimum atomic E-state index is -4.70. The molecule has 0 saturated carbocycles. The lowest BCUT2D eigenvalue weighted by atomic mass is 10.0. The zero-order valence-corrected chi connectivity index (χ0v) is 19.1. The molecule has 2 unspecified atom stereocenters. The number of fused-ring (bicyclic) bond motifs is 2. The highest BCUT2D eigenvalue weighted by Gasteiger charge is 2.43. The summed E-state index contributed by atoms with van der Waals surface area (Å²) in [6, 6.07) is 5.23. The number of nitrogens with zero attached hydrogens (tertiary/aromatic N) is 2. The minimum absolute atomic E-state index is 0.00435. The Balaban J connectivity index is 1.75. The van der Waals surface area contributed by atoms with Crippen molar-refractivity contribution in [1.29, 1.82) is 0 Å². The molecule has 0 bridgehead atoms. The standard InChI is InChI=1S/C23H22F6N4O3/c1-11(13-5-14(22(24,25)26)7-15(30)6-13)31-21-16-8-19-18(9-17(16)32-12(2)33-21)35-4-3-34-10-20(36-19)23(27,28)29/h5-9,11,20H,3-4,10,30H2,1-2H3,(H,31,32,33). The van der Waals surface area contributed by atoms with Gasteiger partial charge in [-0.1, -0.05) is 0 Å². The third kappa shape index (κ3) is 5.66. The highest BCUT2D eigenvalue weighted by atomic mass is 19.4. The molecule has 1 aliphatic heterocycles. The molecule has 0 fully saturated rings. The first kappa shape index (κ1) is 25.6. The summed E-state index contributed by atoms with van der Waals surface area (Å²) < 4.78 is 95.9. The number of aromatic nitrogens is 2. The average molecular weight is 516 g/mol. The van der Waals surface area contributed by atoms with Crippen molar-refractivity contribution < 1.29 is 40.6 Å². The fourth-order valence-electron chi connectivity index (χ4n) is 3.70. The lowest BCUT2D eigenvalue weighted by Crippen LogP contribution is -2.38. The molecule has 4 rings (SSSR count). The van der Waals surface area contributed by atoms with Crippen LogP contribution in [0.2, 0.25) is 0 Å². The van der Waals surface area contributed by atoms with Crippen LogP contribution in [-0.4, -0.2) is 42.1 Å². The molecule has 7 nitrogen and oxygen atoms in total. The molecule has 0 amide bonds. The van der Waals surface area contributed by atoms with Crippen LogP contribution in [0.1, 0.15) is 29.9 Å². The lowest BCUT2D eigenvalue weighted by molar-refractivity contribution is -0.207. The monoisotopic (exact) mass is 516 g/mol. The molecule has 1 aliphatic rings. The van der Waals surface area contributed by atoms with Gasteiger partial charge in [-0.25, -0.2) is 9.97 Å². The lowest BCUT2D eigenvalue weighted by Gasteiger charge is -2.22. The molecular weight excluding hydrogens is 494 g/mol. The summed E-state index contributed by atoms with van der Waals surface area (Å²) in [7, 11) is 0. The second kappa shape index (κ2) is 9.52. The number of benzene rings is 2. The zero-order chi connectivity index (χ0) is 26.3. The number of nitrogens with two attached hydrogens (primary N) is 1. The Hall–Kier alpha value is -3.48. The summed E-state index contributed by atoms with van der Waals surface area (Å²) in [6.45, 7) is 2.42. The molecule has 3 aromatic rings. The number of rotatable bonds is 3. The van der Waals surface area contributed by atoms with Gasteiger partial charge in [0.2, 0.25) is 6.10 Å². The van der Waals surface area contributed by atoms with Crippen LogP contribution < -0.4 is 20.5 Å². The molecule has 0 spiro atoms. The number of ether oxygens (including phenoxy) is 3. The number of hydrogen-bond acceptors (Lipinski definition) is 7. The SMILES string of the molecule is Cc1nc(NC(C)c2cc(N)cc(C(F)(F)F)c2)c2cc3c(cc2n1)OCCOCC(C(F)(F)F)O3. The summed E-state index contributed by atoms with van der Waals surface area (Å²) in [4.78, 5) is 8.64. The van der Waals surface area contributed by atoms with Crippen molar-refractivity contribution in [2.75, 3.05) is 30.9 Å². The molecule has 194 valence electrons. The molecular formula is C23H22F6N4O3. The van der Waals surface area contributed by atoms with E-state index in [0.717, 1.165) is 12.1 Å². The van der Waals surface area contributed by atoms with Gasteiger partial charge in [-0.05, 0) is 43.7 Å². The van der Waals surface area contributed by atoms with Crippen molar-refractivity contribution in [2.24, 2.45) is 0 Å². The van der Waals surface area contributed by atoms with E-state index in [1.807, 2.05) is 0 Å². The first-order valence-corrected chi connectivity index (χ1v) is 10.8. The molecule has 1 aromatic heterocycles. The van der Waals surface area contributed by atoms with Gasteiger partial charge >= 0.3 is 12.4 Å². The van der Waals surface area contributed by atoms with Crippen LogP contribution in [-0.2, 0) is 10.9 Å². The number of nitrogen functional groups attached to an aromatic ring is 1. The molecule has 36 heavy (non-hydrogen) atoms. The molecule has 13 heteroatoms. The largest absolute Gasteiger partial charge is 0.487 e. The molecule has 2 heterocycles. The van der Waals surface area contributed by atoms with Crippen molar-refractivity contribution >= 4 is 22.4 Å². The fraction of sp³-hybridized carbons (Fsp3) is 0.391. The Morgan fingerprint density at radius 1 is 1.00 bits per heavy atom. The third-order valence-corrected chi connectivity index (χ3v) is 5.42. The van der Waals surface area contributed by atoms with E-state index in [1.165, 1.54) is 18.2 Å². The Kier molecular flexibility index (Phi) is 6.78. The maximum Gasteiger partial charge on any atom is 0.427 e. The first-order chi connectivity index (χ1) is 16.8. The summed E-state index contributed by atoms with van der Waals surface area (Å²) in [5, 5.41) is 3.31. The third-order valence-electron chi connectivity index (χ3n) is 5.42. The van der Waals surface area contributed by atoms with E-state index >= 15 is 0 Å². The number of anilines is 2. The molecule has 3 N–H and O–H groups in total. The maximum atomic E-state index is 13.5. The summed E-state index contributed by atoms with van der Waals surface area (Å²) in [6.07, 6.45) is -11.5. The average Bonchev–Trinajstić information content (AvgIpc) is 2.86. The highest BCUT2D eigenvalue weighted by Crippen LogP contribution is 2.39. The number of alkyl halides is 6. The van der Waals surface area contributed by atoms with Crippen molar-refractivity contribution in [3.63, 3.8) is 0 Å². The second-order valence-corrected chi connectivity index (χ2v) is 8.26. The van der Waals surface area contributed by atoms with Gasteiger partial charge in [0.1, 0.15) is 18.2 Å². The van der Waals surface area contributed by atoms with E-state index in [-0.39, 0.29) is 47.2 Å². The summed E-state index contributed by atoms with van der Waals surface area (Å²) in [5.74, 6) is 0.361. The Bertz CT molecular complexity index is 1270. The predicted molar refractivity (Wildman–Crippen MR) is 119 cm³/mol. The van der Waals surface area contributed by atoms with Gasteiger partial charge in [0.15, 0.2) is 11.5 Å². The van der Waals surface area contributed by atoms with Crippen LogP contribution in [0, 0.1) is 6.92 Å². The van der Waals surface area contributed by atoms with Gasteiger partial charge in [-0.15, -0.1) is 0 Å². The molecule has 0 radical (unpaired) electrons. The quantitative estimate of drug-likeness (QED) is 0.354. The highest BCUT2D eigenvalue weighted by molar-refractivity contribution is 5.92. The summed E-state index contributed by atoms with van der Waals surface area (Å²) >= 11 is 0. The van der Waals surface area contributed by atoms with E-state index in [9.17, 15) is 26.3 Å². The van der Waals surface area contributed by atoms with Gasteiger partial charge in [0, 0.05) is 17.1 Å². The normalized spacial score (nSPS) is 17.7. The first-order valence-electron chi connectivity index (χ1n) is 10.8. The van der Waals surface area contributed by atoms with E-state index in [0.29, 0.717) is 11.3 Å². The van der Waals surface area contributed by atoms with Gasteiger partial charge in [0.05, 0.1) is 30.3 Å². The van der Waals surface area contributed by atoms with Crippen molar-refractivity contribution in [2.45, 2.75) is 38.3 Å². The number of halogens is 6. The molecule has 0 aliphatic carbocycles. The van der Waals surface area contributed by atoms with E-state index in [1.54, 1.807) is 13.8 Å². The molecule has 0 saturated heterocycles. The van der Waals surface area contributed by atoms with Crippen LogP contribution in [0.25, 0.3) is 10.9 Å². The van der Waals surface area contributed by atoms with E-state index in [4.69, 9.17) is 19.9 Å².